The van der Waals surface area contributed by atoms with E-state index in [0.29, 0.717) is 18.9 Å². The number of carbonyl (C=O) groups excluding carboxylic acids is 2. The first-order valence-corrected chi connectivity index (χ1v) is 12.3. The van der Waals surface area contributed by atoms with E-state index in [1.807, 2.05) is 53.2 Å². The molecule has 1 fully saturated rings. The van der Waals surface area contributed by atoms with E-state index in [1.165, 1.54) is 10.5 Å². The Morgan fingerprint density at radius 1 is 1.06 bits per heavy atom. The number of amides is 2. The molecule has 0 radical (unpaired) electrons. The third-order valence-corrected chi connectivity index (χ3v) is 6.60. The quantitative estimate of drug-likeness (QED) is 0.490. The Hall–Kier alpha value is -3.48. The van der Waals surface area contributed by atoms with E-state index in [9.17, 15) is 14.0 Å². The molecule has 0 aliphatic carbocycles. The summed E-state index contributed by atoms with van der Waals surface area (Å²) in [6.45, 7) is 4.89. The van der Waals surface area contributed by atoms with Gasteiger partial charge < -0.3 is 14.8 Å². The lowest BCUT2D eigenvalue weighted by atomic mass is 9.95. The Balaban J connectivity index is 1.48. The summed E-state index contributed by atoms with van der Waals surface area (Å²) in [5, 5.41) is 3.11. The summed E-state index contributed by atoms with van der Waals surface area (Å²) in [7, 11) is 0. The monoisotopic (exact) mass is 476 g/mol. The van der Waals surface area contributed by atoms with Gasteiger partial charge in [0.25, 0.3) is 0 Å². The van der Waals surface area contributed by atoms with E-state index >= 15 is 0 Å². The van der Waals surface area contributed by atoms with Crippen LogP contribution in [-0.4, -0.2) is 45.0 Å². The van der Waals surface area contributed by atoms with Crippen molar-refractivity contribution in [3.63, 3.8) is 0 Å². The second-order valence-corrected chi connectivity index (χ2v) is 9.47. The highest BCUT2D eigenvalue weighted by molar-refractivity contribution is 5.89. The van der Waals surface area contributed by atoms with Gasteiger partial charge in [-0.15, -0.1) is 0 Å². The molecule has 1 saturated heterocycles. The molecule has 0 saturated carbocycles. The summed E-state index contributed by atoms with van der Waals surface area (Å²) >= 11 is 0. The predicted molar refractivity (Wildman–Crippen MR) is 133 cm³/mol. The van der Waals surface area contributed by atoms with Crippen LogP contribution in [0.15, 0.2) is 73.3 Å². The van der Waals surface area contributed by atoms with Gasteiger partial charge in [0.05, 0.1) is 18.9 Å². The molecular weight excluding hydrogens is 443 g/mol. The predicted octanol–water partition coefficient (Wildman–Crippen LogP) is 4.63. The molecule has 1 aliphatic heterocycles. The summed E-state index contributed by atoms with van der Waals surface area (Å²) < 4.78 is 16.3. The van der Waals surface area contributed by atoms with E-state index in [0.717, 1.165) is 11.1 Å². The second-order valence-electron chi connectivity index (χ2n) is 9.47. The minimum Gasteiger partial charge on any atom is -0.343 e. The molecule has 1 N–H and O–H groups in total. The van der Waals surface area contributed by atoms with Crippen molar-refractivity contribution in [1.29, 1.82) is 0 Å². The number of imidazole rings is 1. The van der Waals surface area contributed by atoms with Crippen LogP contribution < -0.4 is 5.32 Å². The summed E-state index contributed by atoms with van der Waals surface area (Å²) in [4.78, 5) is 31.7. The van der Waals surface area contributed by atoms with Gasteiger partial charge in [0, 0.05) is 31.8 Å². The molecule has 0 spiro atoms. The maximum Gasteiger partial charge on any atom is 0.243 e. The van der Waals surface area contributed by atoms with Crippen LogP contribution in [-0.2, 0) is 16.1 Å². The summed E-state index contributed by atoms with van der Waals surface area (Å²) in [5.74, 6) is -0.111. The fraction of sp³-hybridized carbons (Fsp3) is 0.393. The van der Waals surface area contributed by atoms with Gasteiger partial charge in [-0.2, -0.15) is 0 Å². The standard InChI is InChI=1S/C28H33FN4O2/c1-20(2)21-10-12-23(13-11-21)27(22-7-4-3-5-8-22)31-28(35)25-17-24(29)18-33(25)26(34)9-6-15-32-16-14-30-19-32/h3-5,7-8,10-14,16,19-20,24-25,27H,6,9,15,17-18H2,1-2H3,(H,31,35)/t24-,25+,27+/m1/s1. The molecule has 2 amide bonds. The topological polar surface area (TPSA) is 67.2 Å². The zero-order valence-corrected chi connectivity index (χ0v) is 20.3. The van der Waals surface area contributed by atoms with Crippen LogP contribution >= 0.6 is 0 Å². The molecule has 1 aromatic heterocycles. The highest BCUT2D eigenvalue weighted by Gasteiger charge is 2.40. The van der Waals surface area contributed by atoms with Gasteiger partial charge in [-0.3, -0.25) is 9.59 Å². The Labute approximate surface area is 206 Å². The molecule has 184 valence electrons. The van der Waals surface area contributed by atoms with Gasteiger partial charge in [-0.05, 0) is 29.0 Å². The van der Waals surface area contributed by atoms with E-state index < -0.39 is 12.2 Å². The van der Waals surface area contributed by atoms with Crippen LogP contribution in [0.3, 0.4) is 0 Å². The van der Waals surface area contributed by atoms with Crippen molar-refractivity contribution in [2.45, 2.75) is 63.8 Å². The number of aryl methyl sites for hydroxylation is 1. The van der Waals surface area contributed by atoms with Crippen LogP contribution in [0.2, 0.25) is 0 Å². The lowest BCUT2D eigenvalue weighted by Gasteiger charge is -2.27. The lowest BCUT2D eigenvalue weighted by molar-refractivity contribution is -0.138. The van der Waals surface area contributed by atoms with Gasteiger partial charge in [-0.25, -0.2) is 9.37 Å². The van der Waals surface area contributed by atoms with Gasteiger partial charge >= 0.3 is 0 Å². The molecule has 1 aliphatic rings. The number of alkyl halides is 1. The maximum absolute atomic E-state index is 14.4. The van der Waals surface area contributed by atoms with Crippen molar-refractivity contribution in [3.05, 3.63) is 90.0 Å². The van der Waals surface area contributed by atoms with Gasteiger partial charge in [0.2, 0.25) is 11.8 Å². The van der Waals surface area contributed by atoms with Crippen LogP contribution in [0.1, 0.15) is 61.8 Å². The van der Waals surface area contributed by atoms with Gasteiger partial charge in [0.15, 0.2) is 0 Å². The highest BCUT2D eigenvalue weighted by Crippen LogP contribution is 2.27. The van der Waals surface area contributed by atoms with Crippen LogP contribution in [0.5, 0.6) is 0 Å². The number of likely N-dealkylation sites (tertiary alicyclic amines) is 1. The first kappa shape index (κ1) is 24.6. The first-order valence-electron chi connectivity index (χ1n) is 12.3. The highest BCUT2D eigenvalue weighted by atomic mass is 19.1. The molecule has 0 bridgehead atoms. The Kier molecular flexibility index (Phi) is 7.95. The maximum atomic E-state index is 14.4. The average Bonchev–Trinajstić information content (AvgIpc) is 3.53. The molecule has 2 heterocycles. The smallest absolute Gasteiger partial charge is 0.243 e. The van der Waals surface area contributed by atoms with Gasteiger partial charge in [-0.1, -0.05) is 68.4 Å². The number of aromatic nitrogens is 2. The minimum atomic E-state index is -1.20. The summed E-state index contributed by atoms with van der Waals surface area (Å²) in [6.07, 6.45) is 4.91. The van der Waals surface area contributed by atoms with Crippen LogP contribution in [0, 0.1) is 0 Å². The van der Waals surface area contributed by atoms with Crippen molar-refractivity contribution in [2.24, 2.45) is 0 Å². The largest absolute Gasteiger partial charge is 0.343 e. The molecule has 35 heavy (non-hydrogen) atoms. The van der Waals surface area contributed by atoms with Crippen molar-refractivity contribution in [3.8, 4) is 0 Å². The number of nitrogens with zero attached hydrogens (tertiary/aromatic N) is 3. The van der Waals surface area contributed by atoms with E-state index in [4.69, 9.17) is 0 Å². The van der Waals surface area contributed by atoms with E-state index in [-0.39, 0.29) is 37.2 Å². The lowest BCUT2D eigenvalue weighted by Crippen LogP contribution is -2.47. The van der Waals surface area contributed by atoms with Crippen molar-refractivity contribution < 1.29 is 14.0 Å². The number of halogens is 1. The zero-order valence-electron chi connectivity index (χ0n) is 20.3. The molecule has 2 aromatic carbocycles. The number of benzene rings is 2. The first-order chi connectivity index (χ1) is 16.9. The number of nitrogens with one attached hydrogen (secondary N) is 1. The SMILES string of the molecule is CC(C)c1ccc([C@@H](NC(=O)[C@@H]2C[C@@H](F)CN2C(=O)CCCn2ccnc2)c2ccccc2)cc1. The third kappa shape index (κ3) is 6.15. The molecule has 4 rings (SSSR count). The normalized spacial score (nSPS) is 18.6. The van der Waals surface area contributed by atoms with Crippen molar-refractivity contribution >= 4 is 11.8 Å². The Bertz CT molecular complexity index is 1100. The van der Waals surface area contributed by atoms with Crippen molar-refractivity contribution in [2.75, 3.05) is 6.54 Å². The number of rotatable bonds is 9. The van der Waals surface area contributed by atoms with Crippen LogP contribution in [0.25, 0.3) is 0 Å². The fourth-order valence-electron chi connectivity index (χ4n) is 4.60. The number of hydrogen-bond donors (Lipinski definition) is 1. The minimum absolute atomic E-state index is 0.0207. The number of hydrogen-bond acceptors (Lipinski definition) is 3. The molecule has 3 atom stereocenters. The molecule has 3 aromatic rings. The average molecular weight is 477 g/mol. The van der Waals surface area contributed by atoms with Gasteiger partial charge in [0.1, 0.15) is 12.2 Å². The Morgan fingerprint density at radius 3 is 2.40 bits per heavy atom. The fourth-order valence-corrected chi connectivity index (χ4v) is 4.60. The molecule has 6 nitrogen and oxygen atoms in total. The zero-order chi connectivity index (χ0) is 24.8. The molecular formula is C28H33FN4O2. The third-order valence-electron chi connectivity index (χ3n) is 6.60. The summed E-state index contributed by atoms with van der Waals surface area (Å²) in [6, 6.07) is 16.7. The molecule has 0 unspecified atom stereocenters. The van der Waals surface area contributed by atoms with Crippen LogP contribution in [0.4, 0.5) is 4.39 Å². The summed E-state index contributed by atoms with van der Waals surface area (Å²) in [5.41, 5.74) is 3.10. The van der Waals surface area contributed by atoms with E-state index in [2.05, 4.69) is 36.3 Å². The van der Waals surface area contributed by atoms with Crippen molar-refractivity contribution in [1.82, 2.24) is 19.8 Å². The molecule has 7 heteroatoms. The Morgan fingerprint density at radius 2 is 1.74 bits per heavy atom. The number of carbonyl (C=O) groups is 2. The van der Waals surface area contributed by atoms with E-state index in [1.54, 1.807) is 12.5 Å². The second kappa shape index (κ2) is 11.3.